The monoisotopic (exact) mass is 112 g/mol. The molecule has 3 nitrogen and oxygen atoms in total. The first-order chi connectivity index (χ1) is 3.93. The van der Waals surface area contributed by atoms with Gasteiger partial charge in [-0.15, -0.1) is 0 Å². The van der Waals surface area contributed by atoms with Crippen molar-refractivity contribution in [2.24, 2.45) is 0 Å². The minimum atomic E-state index is 0.868. The third-order valence-electron chi connectivity index (χ3n) is 0.810. The molecule has 0 saturated heterocycles. The second-order valence-electron chi connectivity index (χ2n) is 1.39. The summed E-state index contributed by atoms with van der Waals surface area (Å²) < 4.78 is 0. The lowest BCUT2D eigenvalue weighted by atomic mass is 10.6. The van der Waals surface area contributed by atoms with Crippen molar-refractivity contribution in [1.82, 2.24) is 4.98 Å². The molecule has 0 unspecified atom stereocenters. The smallest absolute Gasteiger partial charge is 0.127 e. The van der Waals surface area contributed by atoms with Crippen LogP contribution < -0.4 is 5.48 Å². The number of hydrogen-bond donors (Lipinski definition) is 2. The van der Waals surface area contributed by atoms with E-state index < -0.39 is 0 Å². The summed E-state index contributed by atoms with van der Waals surface area (Å²) in [5.41, 5.74) is 2.63. The molecule has 1 aromatic rings. The van der Waals surface area contributed by atoms with Crippen molar-refractivity contribution in [1.29, 1.82) is 0 Å². The normalized spacial score (nSPS) is 9.12. The van der Waals surface area contributed by atoms with Crippen molar-refractivity contribution in [3.63, 3.8) is 0 Å². The fraction of sp³-hybridized carbons (Fsp3) is 0.200. The van der Waals surface area contributed by atoms with Gasteiger partial charge < -0.3 is 4.98 Å². The van der Waals surface area contributed by atoms with Gasteiger partial charge in [-0.1, -0.05) is 0 Å². The zero-order chi connectivity index (χ0) is 5.82. The minimum absolute atomic E-state index is 0.868. The van der Waals surface area contributed by atoms with Crippen molar-refractivity contribution < 1.29 is 4.84 Å². The van der Waals surface area contributed by atoms with E-state index >= 15 is 0 Å². The highest BCUT2D eigenvalue weighted by molar-refractivity contribution is 5.30. The highest BCUT2D eigenvalue weighted by Crippen LogP contribution is 1.98. The Bertz CT molecular complexity index is 136. The van der Waals surface area contributed by atoms with Crippen LogP contribution in [-0.4, -0.2) is 12.1 Å². The Kier molecular flexibility index (Phi) is 1.54. The molecule has 1 heterocycles. The van der Waals surface area contributed by atoms with Crippen LogP contribution in [0.2, 0.25) is 0 Å². The van der Waals surface area contributed by atoms with Gasteiger partial charge in [0.1, 0.15) is 5.82 Å². The molecule has 0 saturated carbocycles. The van der Waals surface area contributed by atoms with E-state index in [-0.39, 0.29) is 0 Å². The van der Waals surface area contributed by atoms with Gasteiger partial charge in [-0.05, 0) is 12.1 Å². The quantitative estimate of drug-likeness (QED) is 0.560. The van der Waals surface area contributed by atoms with Crippen LogP contribution in [0.15, 0.2) is 18.3 Å². The third kappa shape index (κ3) is 1.01. The first-order valence-electron chi connectivity index (χ1n) is 2.36. The van der Waals surface area contributed by atoms with Gasteiger partial charge in [-0.3, -0.25) is 10.3 Å². The predicted octanol–water partition coefficient (Wildman–Crippen LogP) is 0.988. The number of aromatic nitrogens is 1. The SMILES string of the molecule is CONc1ccc[nH]1. The molecular weight excluding hydrogens is 104 g/mol. The van der Waals surface area contributed by atoms with Crippen molar-refractivity contribution in [3.05, 3.63) is 18.3 Å². The van der Waals surface area contributed by atoms with Gasteiger partial charge in [0, 0.05) is 6.20 Å². The molecule has 0 bridgehead atoms. The van der Waals surface area contributed by atoms with Crippen LogP contribution >= 0.6 is 0 Å². The maximum atomic E-state index is 4.60. The van der Waals surface area contributed by atoms with Gasteiger partial charge in [0.25, 0.3) is 0 Å². The molecule has 2 N–H and O–H groups in total. The predicted molar refractivity (Wildman–Crippen MR) is 31.4 cm³/mol. The zero-order valence-electron chi connectivity index (χ0n) is 4.64. The molecule has 0 amide bonds. The van der Waals surface area contributed by atoms with Gasteiger partial charge in [0.15, 0.2) is 0 Å². The van der Waals surface area contributed by atoms with Crippen LogP contribution in [0.1, 0.15) is 0 Å². The van der Waals surface area contributed by atoms with Crippen molar-refractivity contribution in [3.8, 4) is 0 Å². The molecule has 1 aromatic heterocycles. The van der Waals surface area contributed by atoms with Gasteiger partial charge in [0.05, 0.1) is 7.11 Å². The molecule has 0 aliphatic rings. The summed E-state index contributed by atoms with van der Waals surface area (Å²) >= 11 is 0. The second kappa shape index (κ2) is 2.37. The summed E-state index contributed by atoms with van der Waals surface area (Å²) in [7, 11) is 1.57. The lowest BCUT2D eigenvalue weighted by Crippen LogP contribution is -1.94. The van der Waals surface area contributed by atoms with E-state index in [1.807, 2.05) is 18.3 Å². The fourth-order valence-electron chi connectivity index (χ4n) is 0.504. The molecule has 3 heteroatoms. The maximum absolute atomic E-state index is 4.60. The topological polar surface area (TPSA) is 37.0 Å². The number of H-pyrrole nitrogens is 1. The molecule has 0 aromatic carbocycles. The van der Waals surface area contributed by atoms with E-state index in [2.05, 4.69) is 15.3 Å². The van der Waals surface area contributed by atoms with Gasteiger partial charge in [0.2, 0.25) is 0 Å². The molecule has 1 rings (SSSR count). The summed E-state index contributed by atoms with van der Waals surface area (Å²) in [4.78, 5) is 7.51. The van der Waals surface area contributed by atoms with E-state index in [9.17, 15) is 0 Å². The first kappa shape index (κ1) is 5.18. The van der Waals surface area contributed by atoms with Crippen molar-refractivity contribution in [2.75, 3.05) is 12.6 Å². The van der Waals surface area contributed by atoms with E-state index in [4.69, 9.17) is 0 Å². The molecule has 0 fully saturated rings. The first-order valence-corrected chi connectivity index (χ1v) is 2.36. The van der Waals surface area contributed by atoms with Crippen LogP contribution in [0.3, 0.4) is 0 Å². The maximum Gasteiger partial charge on any atom is 0.127 e. The molecule has 0 aliphatic heterocycles. The second-order valence-corrected chi connectivity index (χ2v) is 1.39. The fourth-order valence-corrected chi connectivity index (χ4v) is 0.504. The number of nitrogens with one attached hydrogen (secondary N) is 2. The van der Waals surface area contributed by atoms with Crippen molar-refractivity contribution in [2.45, 2.75) is 0 Å². The summed E-state index contributed by atoms with van der Waals surface area (Å²) in [5, 5.41) is 0. The summed E-state index contributed by atoms with van der Waals surface area (Å²) in [6, 6.07) is 3.77. The molecule has 0 aliphatic carbocycles. The summed E-state index contributed by atoms with van der Waals surface area (Å²) in [6.07, 6.45) is 1.82. The lowest BCUT2D eigenvalue weighted by molar-refractivity contribution is 0.269. The largest absolute Gasteiger partial charge is 0.347 e. The lowest BCUT2D eigenvalue weighted by Gasteiger charge is -1.95. The molecule has 0 spiro atoms. The summed E-state index contributed by atoms with van der Waals surface area (Å²) in [5.74, 6) is 0.868. The highest BCUT2D eigenvalue weighted by atomic mass is 16.6. The van der Waals surface area contributed by atoms with Crippen LogP contribution in [0.25, 0.3) is 0 Å². The zero-order valence-corrected chi connectivity index (χ0v) is 4.64. The highest BCUT2D eigenvalue weighted by Gasteiger charge is 1.83. The van der Waals surface area contributed by atoms with Crippen LogP contribution in [0, 0.1) is 0 Å². The molecule has 8 heavy (non-hydrogen) atoms. The molecule has 0 radical (unpaired) electrons. The Morgan fingerprint density at radius 1 is 1.75 bits per heavy atom. The Morgan fingerprint density at radius 2 is 2.62 bits per heavy atom. The summed E-state index contributed by atoms with van der Waals surface area (Å²) in [6.45, 7) is 0. The van der Waals surface area contributed by atoms with Gasteiger partial charge in [-0.2, -0.15) is 0 Å². The average molecular weight is 112 g/mol. The van der Waals surface area contributed by atoms with E-state index in [0.29, 0.717) is 0 Å². The third-order valence-corrected chi connectivity index (χ3v) is 0.810. The average Bonchev–Trinajstić information content (AvgIpc) is 2.19. The number of hydrogen-bond acceptors (Lipinski definition) is 2. The molecular formula is C5H8N2O. The number of rotatable bonds is 2. The van der Waals surface area contributed by atoms with E-state index in [0.717, 1.165) is 5.82 Å². The standard InChI is InChI=1S/C5H8N2O/c1-8-7-5-3-2-4-6-5/h2-4,6-7H,1H3. The Morgan fingerprint density at radius 3 is 3.12 bits per heavy atom. The van der Waals surface area contributed by atoms with Crippen molar-refractivity contribution >= 4 is 5.82 Å². The van der Waals surface area contributed by atoms with E-state index in [1.54, 1.807) is 7.11 Å². The Hall–Kier alpha value is -0.960. The van der Waals surface area contributed by atoms with Gasteiger partial charge >= 0.3 is 0 Å². The Balaban J connectivity index is 2.50. The van der Waals surface area contributed by atoms with Crippen LogP contribution in [-0.2, 0) is 4.84 Å². The van der Waals surface area contributed by atoms with E-state index in [1.165, 1.54) is 0 Å². The molecule has 0 atom stereocenters. The van der Waals surface area contributed by atoms with Crippen LogP contribution in [0.5, 0.6) is 0 Å². The number of anilines is 1. The Labute approximate surface area is 47.6 Å². The van der Waals surface area contributed by atoms with Gasteiger partial charge in [-0.25, -0.2) is 0 Å². The molecule has 44 valence electrons. The number of aromatic amines is 1. The minimum Gasteiger partial charge on any atom is -0.347 e. The van der Waals surface area contributed by atoms with Crippen LogP contribution in [0.4, 0.5) is 5.82 Å².